The van der Waals surface area contributed by atoms with Gasteiger partial charge in [-0.05, 0) is 54.8 Å². The van der Waals surface area contributed by atoms with Gasteiger partial charge in [0.2, 0.25) is 0 Å². The van der Waals surface area contributed by atoms with Crippen LogP contribution in [0, 0.1) is 0 Å². The number of hydrogen-bond acceptors (Lipinski definition) is 6. The molecular weight excluding hydrogens is 541 g/mol. The lowest BCUT2D eigenvalue weighted by molar-refractivity contribution is 0.112. The third-order valence-electron chi connectivity index (χ3n) is 5.64. The van der Waals surface area contributed by atoms with Crippen LogP contribution in [0.15, 0.2) is 65.7 Å². The number of amides is 2. The molecule has 0 aliphatic rings. The third-order valence-corrected chi connectivity index (χ3v) is 6.22. The number of nitrogens with zero attached hydrogens (tertiary/aromatic N) is 3. The van der Waals surface area contributed by atoms with Crippen molar-refractivity contribution in [3.63, 3.8) is 0 Å². The number of anilines is 2. The molecule has 0 bridgehead atoms. The van der Waals surface area contributed by atoms with E-state index in [9.17, 15) is 14.4 Å². The molecular formula is C28H25Cl2N5O4. The zero-order valence-electron chi connectivity index (χ0n) is 21.2. The van der Waals surface area contributed by atoms with Gasteiger partial charge in [-0.1, -0.05) is 48.3 Å². The van der Waals surface area contributed by atoms with Crippen LogP contribution in [0.3, 0.4) is 0 Å². The predicted molar refractivity (Wildman–Crippen MR) is 153 cm³/mol. The number of urea groups is 1. The van der Waals surface area contributed by atoms with Crippen LogP contribution in [-0.4, -0.2) is 33.7 Å². The summed E-state index contributed by atoms with van der Waals surface area (Å²) < 4.78 is 7.01. The maximum atomic E-state index is 12.9. The average molecular weight is 566 g/mol. The van der Waals surface area contributed by atoms with Gasteiger partial charge >= 0.3 is 6.03 Å². The van der Waals surface area contributed by atoms with Gasteiger partial charge in [-0.2, -0.15) is 5.10 Å². The minimum absolute atomic E-state index is 0.0178. The Labute approximate surface area is 234 Å². The number of aromatic nitrogens is 3. The molecule has 0 aliphatic heterocycles. The lowest BCUT2D eigenvalue weighted by atomic mass is 9.99. The van der Waals surface area contributed by atoms with Crippen LogP contribution in [0.4, 0.5) is 16.2 Å². The topological polar surface area (TPSA) is 115 Å². The molecule has 2 N–H and O–H groups in total. The van der Waals surface area contributed by atoms with Crippen molar-refractivity contribution < 1.29 is 14.3 Å². The molecule has 0 saturated heterocycles. The van der Waals surface area contributed by atoms with Crippen LogP contribution in [0.25, 0.3) is 22.4 Å². The second kappa shape index (κ2) is 12.6. The summed E-state index contributed by atoms with van der Waals surface area (Å²) in [4.78, 5) is 41.0. The predicted octanol–water partition coefficient (Wildman–Crippen LogP) is 6.54. The Morgan fingerprint density at radius 3 is 2.44 bits per heavy atom. The Morgan fingerprint density at radius 1 is 1.00 bits per heavy atom. The van der Waals surface area contributed by atoms with Crippen LogP contribution in [0.5, 0.6) is 5.75 Å². The Kier molecular flexibility index (Phi) is 8.96. The van der Waals surface area contributed by atoms with Crippen molar-refractivity contribution in [2.75, 3.05) is 17.2 Å². The summed E-state index contributed by atoms with van der Waals surface area (Å²) in [5.41, 5.74) is 2.98. The highest BCUT2D eigenvalue weighted by atomic mass is 35.5. The van der Waals surface area contributed by atoms with Gasteiger partial charge in [-0.3, -0.25) is 14.6 Å². The molecule has 2 heterocycles. The molecule has 39 heavy (non-hydrogen) atoms. The van der Waals surface area contributed by atoms with E-state index in [0.717, 1.165) is 23.8 Å². The van der Waals surface area contributed by atoms with Gasteiger partial charge in [0.25, 0.3) is 5.56 Å². The first-order valence-corrected chi connectivity index (χ1v) is 12.9. The fourth-order valence-corrected chi connectivity index (χ4v) is 4.26. The third kappa shape index (κ3) is 6.63. The lowest BCUT2D eigenvalue weighted by Gasteiger charge is -2.13. The molecule has 11 heteroatoms. The molecule has 0 fully saturated rings. The minimum atomic E-state index is -0.707. The van der Waals surface area contributed by atoms with Crippen molar-refractivity contribution in [1.82, 2.24) is 14.8 Å². The van der Waals surface area contributed by atoms with E-state index >= 15 is 0 Å². The standard InChI is InChI=1S/C28H25Cl2N5O4/c1-3-8-39-21-10-17(16-36)9-20(12-21)18-6-5-7-19(11-18)24-13-25(27(37)35(4-2)34-24)32-28(38)33-26-22(29)14-31-15-23(26)30/h5-7,9-16H,3-4,8H2,1-2H3,(H2,31,32,33,38). The number of aldehydes is 1. The number of nitrogens with one attached hydrogen (secondary N) is 2. The van der Waals surface area contributed by atoms with Gasteiger partial charge in [0.15, 0.2) is 0 Å². The van der Waals surface area contributed by atoms with Crippen molar-refractivity contribution in [3.05, 3.63) is 86.9 Å². The fourth-order valence-electron chi connectivity index (χ4n) is 3.80. The molecule has 0 atom stereocenters. The quantitative estimate of drug-likeness (QED) is 0.222. The largest absolute Gasteiger partial charge is 0.494 e. The average Bonchev–Trinajstić information content (AvgIpc) is 2.95. The van der Waals surface area contributed by atoms with Gasteiger partial charge in [0.1, 0.15) is 17.7 Å². The van der Waals surface area contributed by atoms with Gasteiger partial charge in [0, 0.05) is 30.1 Å². The van der Waals surface area contributed by atoms with Crippen molar-refractivity contribution in [2.24, 2.45) is 0 Å². The number of aryl methyl sites for hydroxylation is 1. The van der Waals surface area contributed by atoms with Crippen molar-refractivity contribution in [1.29, 1.82) is 0 Å². The first kappa shape index (κ1) is 27.8. The summed E-state index contributed by atoms with van der Waals surface area (Å²) in [7, 11) is 0. The molecule has 2 aromatic heterocycles. The minimum Gasteiger partial charge on any atom is -0.494 e. The SMILES string of the molecule is CCCOc1cc(C=O)cc(-c2cccc(-c3cc(NC(=O)Nc4c(Cl)cncc4Cl)c(=O)n(CC)n3)c2)c1. The molecule has 4 rings (SSSR count). The molecule has 4 aromatic rings. The highest BCUT2D eigenvalue weighted by Gasteiger charge is 2.15. The normalized spacial score (nSPS) is 10.7. The van der Waals surface area contributed by atoms with Gasteiger partial charge < -0.3 is 15.4 Å². The smallest absolute Gasteiger partial charge is 0.323 e. The van der Waals surface area contributed by atoms with E-state index in [1.807, 2.05) is 37.3 Å². The highest BCUT2D eigenvalue weighted by Crippen LogP contribution is 2.30. The van der Waals surface area contributed by atoms with Crippen LogP contribution >= 0.6 is 23.2 Å². The summed E-state index contributed by atoms with van der Waals surface area (Å²) in [5.74, 6) is 0.603. The molecule has 2 aromatic carbocycles. The number of benzene rings is 2. The van der Waals surface area contributed by atoms with E-state index in [4.69, 9.17) is 27.9 Å². The van der Waals surface area contributed by atoms with E-state index in [0.29, 0.717) is 29.2 Å². The van der Waals surface area contributed by atoms with Gasteiger partial charge in [-0.25, -0.2) is 9.48 Å². The Bertz CT molecular complexity index is 1570. The first-order chi connectivity index (χ1) is 18.8. The zero-order valence-corrected chi connectivity index (χ0v) is 22.7. The molecule has 2 amide bonds. The zero-order chi connectivity index (χ0) is 27.9. The molecule has 0 radical (unpaired) electrons. The van der Waals surface area contributed by atoms with Crippen LogP contribution < -0.4 is 20.9 Å². The summed E-state index contributed by atoms with van der Waals surface area (Å²) in [6.07, 6.45) is 4.30. The number of pyridine rings is 1. The fraction of sp³-hybridized carbons (Fsp3) is 0.179. The maximum absolute atomic E-state index is 12.9. The number of carbonyl (C=O) groups is 2. The van der Waals surface area contributed by atoms with E-state index < -0.39 is 11.6 Å². The van der Waals surface area contributed by atoms with E-state index in [1.165, 1.54) is 23.1 Å². The molecule has 9 nitrogen and oxygen atoms in total. The number of ether oxygens (including phenoxy) is 1. The van der Waals surface area contributed by atoms with E-state index in [2.05, 4.69) is 20.7 Å². The van der Waals surface area contributed by atoms with Crippen molar-refractivity contribution in [3.8, 4) is 28.1 Å². The molecule has 0 unspecified atom stereocenters. The summed E-state index contributed by atoms with van der Waals surface area (Å²) in [6, 6.07) is 13.6. The second-order valence-electron chi connectivity index (χ2n) is 8.46. The van der Waals surface area contributed by atoms with Crippen LogP contribution in [0.2, 0.25) is 10.0 Å². The monoisotopic (exact) mass is 565 g/mol. The Balaban J connectivity index is 1.68. The molecule has 0 aliphatic carbocycles. The Hall–Kier alpha value is -4.21. The number of halogens is 2. The molecule has 200 valence electrons. The van der Waals surface area contributed by atoms with E-state index in [-0.39, 0.29) is 28.0 Å². The Morgan fingerprint density at radius 2 is 1.74 bits per heavy atom. The number of rotatable bonds is 9. The van der Waals surface area contributed by atoms with Gasteiger partial charge in [-0.15, -0.1) is 0 Å². The van der Waals surface area contributed by atoms with E-state index in [1.54, 1.807) is 19.1 Å². The van der Waals surface area contributed by atoms with Crippen LogP contribution in [-0.2, 0) is 6.54 Å². The molecule has 0 spiro atoms. The van der Waals surface area contributed by atoms with Crippen molar-refractivity contribution in [2.45, 2.75) is 26.8 Å². The van der Waals surface area contributed by atoms with Gasteiger partial charge in [0.05, 0.1) is 28.0 Å². The second-order valence-corrected chi connectivity index (χ2v) is 9.27. The number of hydrogen-bond donors (Lipinski definition) is 2. The maximum Gasteiger partial charge on any atom is 0.323 e. The highest BCUT2D eigenvalue weighted by molar-refractivity contribution is 6.39. The van der Waals surface area contributed by atoms with Crippen molar-refractivity contribution >= 4 is 46.9 Å². The number of carbonyl (C=O) groups excluding carboxylic acids is 2. The lowest BCUT2D eigenvalue weighted by Crippen LogP contribution is -2.29. The summed E-state index contributed by atoms with van der Waals surface area (Å²) in [5, 5.41) is 9.89. The first-order valence-electron chi connectivity index (χ1n) is 12.2. The summed E-state index contributed by atoms with van der Waals surface area (Å²) >= 11 is 12.2. The summed E-state index contributed by atoms with van der Waals surface area (Å²) in [6.45, 7) is 4.60. The molecule has 0 saturated carbocycles. The van der Waals surface area contributed by atoms with Crippen LogP contribution in [0.1, 0.15) is 30.6 Å².